The average Bonchev–Trinajstić information content (AvgIpc) is 2.96. The summed E-state index contributed by atoms with van der Waals surface area (Å²) in [5, 5.41) is 3.60. The Morgan fingerprint density at radius 1 is 1.48 bits per heavy atom. The summed E-state index contributed by atoms with van der Waals surface area (Å²) in [7, 11) is 0. The van der Waals surface area contributed by atoms with Crippen molar-refractivity contribution in [1.29, 1.82) is 0 Å². The second-order valence-electron chi connectivity index (χ2n) is 5.77. The molecule has 1 atom stereocenters. The van der Waals surface area contributed by atoms with Crippen LogP contribution in [-0.4, -0.2) is 41.7 Å². The van der Waals surface area contributed by atoms with Crippen LogP contribution in [-0.2, 0) is 11.2 Å². The summed E-state index contributed by atoms with van der Waals surface area (Å²) in [6.07, 6.45) is 3.17. The highest BCUT2D eigenvalue weighted by Gasteiger charge is 2.24. The summed E-state index contributed by atoms with van der Waals surface area (Å²) in [6, 6.07) is 6.18. The lowest BCUT2D eigenvalue weighted by molar-refractivity contribution is 0.0181. The number of nitrogens with one attached hydrogen (secondary N) is 1. The number of thiazole rings is 1. The zero-order chi connectivity index (χ0) is 16.2. The molecule has 1 aliphatic rings. The highest BCUT2D eigenvalue weighted by Crippen LogP contribution is 2.27. The van der Waals surface area contributed by atoms with Gasteiger partial charge in [-0.25, -0.2) is 9.78 Å². The molecule has 0 radical (unpaired) electrons. The SMILES string of the molecule is CCO[C@H]1CCCN(C(=O)Nc2nc3ccc(CC)cc3s2)C1. The highest BCUT2D eigenvalue weighted by atomic mass is 32.1. The number of fused-ring (bicyclic) bond motifs is 1. The van der Waals surface area contributed by atoms with Crippen LogP contribution >= 0.6 is 11.3 Å². The number of aryl methyl sites for hydroxylation is 1. The Labute approximate surface area is 140 Å². The van der Waals surface area contributed by atoms with Crippen LogP contribution in [0.1, 0.15) is 32.3 Å². The molecule has 23 heavy (non-hydrogen) atoms. The van der Waals surface area contributed by atoms with Crippen LogP contribution in [0.25, 0.3) is 10.2 Å². The summed E-state index contributed by atoms with van der Waals surface area (Å²) in [5.41, 5.74) is 2.22. The molecule has 2 amide bonds. The number of carbonyl (C=O) groups is 1. The average molecular weight is 333 g/mol. The molecule has 0 spiro atoms. The molecular formula is C17H23N3O2S. The first kappa shape index (κ1) is 16.2. The normalized spacial score (nSPS) is 18.3. The number of nitrogens with zero attached hydrogens (tertiary/aromatic N) is 2. The third kappa shape index (κ3) is 3.82. The van der Waals surface area contributed by atoms with Gasteiger partial charge in [0.2, 0.25) is 0 Å². The van der Waals surface area contributed by atoms with E-state index in [4.69, 9.17) is 4.74 Å². The summed E-state index contributed by atoms with van der Waals surface area (Å²) in [4.78, 5) is 18.8. The van der Waals surface area contributed by atoms with Gasteiger partial charge in [0, 0.05) is 19.7 Å². The van der Waals surface area contributed by atoms with E-state index in [1.165, 1.54) is 16.9 Å². The van der Waals surface area contributed by atoms with Gasteiger partial charge in [-0.1, -0.05) is 24.3 Å². The fourth-order valence-corrected chi connectivity index (χ4v) is 3.83. The number of amides is 2. The van der Waals surface area contributed by atoms with E-state index >= 15 is 0 Å². The Kier molecular flexibility index (Phi) is 5.13. The molecule has 3 rings (SSSR count). The lowest BCUT2D eigenvalue weighted by Gasteiger charge is -2.32. The first-order valence-electron chi connectivity index (χ1n) is 8.26. The van der Waals surface area contributed by atoms with Gasteiger partial charge in [-0.3, -0.25) is 5.32 Å². The van der Waals surface area contributed by atoms with Gasteiger partial charge < -0.3 is 9.64 Å². The second-order valence-corrected chi connectivity index (χ2v) is 6.80. The quantitative estimate of drug-likeness (QED) is 0.923. The maximum absolute atomic E-state index is 12.4. The molecular weight excluding hydrogens is 310 g/mol. The molecule has 2 aromatic rings. The second kappa shape index (κ2) is 7.27. The Hall–Kier alpha value is -1.66. The predicted molar refractivity (Wildman–Crippen MR) is 94.2 cm³/mol. The number of carbonyl (C=O) groups excluding carboxylic acids is 1. The predicted octanol–water partition coefficient (Wildman–Crippen LogP) is 3.89. The van der Waals surface area contributed by atoms with E-state index in [0.29, 0.717) is 18.3 Å². The molecule has 1 aliphatic heterocycles. The molecule has 124 valence electrons. The number of anilines is 1. The minimum Gasteiger partial charge on any atom is -0.377 e. The van der Waals surface area contributed by atoms with Crippen molar-refractivity contribution in [2.24, 2.45) is 0 Å². The largest absolute Gasteiger partial charge is 0.377 e. The zero-order valence-electron chi connectivity index (χ0n) is 13.7. The van der Waals surface area contributed by atoms with Crippen LogP contribution in [0.3, 0.4) is 0 Å². The van der Waals surface area contributed by atoms with E-state index in [1.807, 2.05) is 17.9 Å². The molecule has 0 aliphatic carbocycles. The fraction of sp³-hybridized carbons (Fsp3) is 0.529. The highest BCUT2D eigenvalue weighted by molar-refractivity contribution is 7.22. The molecule has 1 aromatic heterocycles. The maximum Gasteiger partial charge on any atom is 0.323 e. The lowest BCUT2D eigenvalue weighted by atomic mass is 10.1. The van der Waals surface area contributed by atoms with E-state index < -0.39 is 0 Å². The van der Waals surface area contributed by atoms with E-state index in [2.05, 4.69) is 29.4 Å². The van der Waals surface area contributed by atoms with Crippen LogP contribution in [0.4, 0.5) is 9.93 Å². The molecule has 0 bridgehead atoms. The molecule has 5 nitrogen and oxygen atoms in total. The molecule has 0 unspecified atom stereocenters. The van der Waals surface area contributed by atoms with Gasteiger partial charge >= 0.3 is 6.03 Å². The van der Waals surface area contributed by atoms with Crippen molar-refractivity contribution in [2.45, 2.75) is 39.2 Å². The van der Waals surface area contributed by atoms with Gasteiger partial charge in [0.15, 0.2) is 5.13 Å². The third-order valence-corrected chi connectivity index (χ3v) is 5.08. The van der Waals surface area contributed by atoms with Crippen LogP contribution < -0.4 is 5.32 Å². The van der Waals surface area contributed by atoms with Gasteiger partial charge in [0.1, 0.15) is 0 Å². The van der Waals surface area contributed by atoms with Crippen LogP contribution in [0.5, 0.6) is 0 Å². The van der Waals surface area contributed by atoms with Crippen molar-refractivity contribution in [1.82, 2.24) is 9.88 Å². The number of benzene rings is 1. The van der Waals surface area contributed by atoms with Gasteiger partial charge in [-0.05, 0) is 43.9 Å². The minimum atomic E-state index is -0.0795. The van der Waals surface area contributed by atoms with E-state index in [1.54, 1.807) is 0 Å². The van der Waals surface area contributed by atoms with Gasteiger partial charge in [0.05, 0.1) is 16.3 Å². The number of urea groups is 1. The van der Waals surface area contributed by atoms with Crippen molar-refractivity contribution in [3.63, 3.8) is 0 Å². The number of likely N-dealkylation sites (tertiary alicyclic amines) is 1. The minimum absolute atomic E-state index is 0.0795. The van der Waals surface area contributed by atoms with Crippen molar-refractivity contribution in [2.75, 3.05) is 25.0 Å². The summed E-state index contributed by atoms with van der Waals surface area (Å²) < 4.78 is 6.77. The molecule has 2 heterocycles. The molecule has 1 fully saturated rings. The van der Waals surface area contributed by atoms with Crippen LogP contribution in [0, 0.1) is 0 Å². The Bertz CT molecular complexity index is 684. The van der Waals surface area contributed by atoms with Gasteiger partial charge in [0.25, 0.3) is 0 Å². The fourth-order valence-electron chi connectivity index (χ4n) is 2.91. The number of hydrogen-bond donors (Lipinski definition) is 1. The van der Waals surface area contributed by atoms with E-state index in [9.17, 15) is 4.79 Å². The van der Waals surface area contributed by atoms with E-state index in [-0.39, 0.29) is 12.1 Å². The Morgan fingerprint density at radius 2 is 2.35 bits per heavy atom. The number of hydrogen-bond acceptors (Lipinski definition) is 4. The first-order chi connectivity index (χ1) is 11.2. The number of ether oxygens (including phenoxy) is 1. The Morgan fingerprint density at radius 3 is 3.13 bits per heavy atom. The van der Waals surface area contributed by atoms with Crippen molar-refractivity contribution in [3.05, 3.63) is 23.8 Å². The van der Waals surface area contributed by atoms with Gasteiger partial charge in [-0.2, -0.15) is 0 Å². The van der Waals surface area contributed by atoms with Gasteiger partial charge in [-0.15, -0.1) is 0 Å². The third-order valence-electron chi connectivity index (χ3n) is 4.14. The zero-order valence-corrected chi connectivity index (χ0v) is 14.5. The molecule has 6 heteroatoms. The first-order valence-corrected chi connectivity index (χ1v) is 9.08. The standard InChI is InChI=1S/C17H23N3O2S/c1-3-12-7-8-14-15(10-12)23-16(18-14)19-17(21)20-9-5-6-13(11-20)22-4-2/h7-8,10,13H,3-6,9,11H2,1-2H3,(H,18,19,21)/t13-/m0/s1. The maximum atomic E-state index is 12.4. The molecule has 0 saturated carbocycles. The molecule has 1 N–H and O–H groups in total. The van der Waals surface area contributed by atoms with Crippen LogP contribution in [0.2, 0.25) is 0 Å². The van der Waals surface area contributed by atoms with Crippen molar-refractivity contribution in [3.8, 4) is 0 Å². The van der Waals surface area contributed by atoms with E-state index in [0.717, 1.165) is 36.0 Å². The molecule has 1 aromatic carbocycles. The lowest BCUT2D eigenvalue weighted by Crippen LogP contribution is -2.45. The number of aromatic nitrogens is 1. The topological polar surface area (TPSA) is 54.5 Å². The smallest absolute Gasteiger partial charge is 0.323 e. The summed E-state index contributed by atoms with van der Waals surface area (Å²) in [6.45, 7) is 6.25. The summed E-state index contributed by atoms with van der Waals surface area (Å²) >= 11 is 1.53. The monoisotopic (exact) mass is 333 g/mol. The Balaban J connectivity index is 1.67. The molecule has 1 saturated heterocycles. The van der Waals surface area contributed by atoms with Crippen molar-refractivity contribution < 1.29 is 9.53 Å². The number of rotatable bonds is 4. The van der Waals surface area contributed by atoms with Crippen molar-refractivity contribution >= 4 is 32.7 Å². The number of piperidine rings is 1. The van der Waals surface area contributed by atoms with Crippen LogP contribution in [0.15, 0.2) is 18.2 Å². The summed E-state index contributed by atoms with van der Waals surface area (Å²) in [5.74, 6) is 0.